The number of hydrogen-bond donors (Lipinski definition) is 0. The largest absolute Gasteiger partial charge is 0.309 e. The van der Waals surface area contributed by atoms with E-state index in [0.717, 1.165) is 28.0 Å². The molecule has 3 nitrogen and oxygen atoms in total. The van der Waals surface area contributed by atoms with Crippen molar-refractivity contribution in [1.82, 2.24) is 14.5 Å². The summed E-state index contributed by atoms with van der Waals surface area (Å²) in [5, 5.41) is 3.60. The topological polar surface area (TPSA) is 30.7 Å². The van der Waals surface area contributed by atoms with Crippen LogP contribution in [0.4, 0.5) is 0 Å². The molecule has 8 aromatic carbocycles. The molecule has 0 spiro atoms. The van der Waals surface area contributed by atoms with Gasteiger partial charge >= 0.3 is 0 Å². The van der Waals surface area contributed by atoms with Gasteiger partial charge < -0.3 is 4.57 Å². The molecule has 0 fully saturated rings. The Morgan fingerprint density at radius 2 is 1.11 bits per heavy atom. The predicted octanol–water partition coefficient (Wildman–Crippen LogP) is 13.5. The summed E-state index contributed by atoms with van der Waals surface area (Å²) in [5.74, 6) is 0.761. The molecule has 0 radical (unpaired) electrons. The lowest BCUT2D eigenvalue weighted by atomic mass is 9.82. The predicted molar refractivity (Wildman–Crippen MR) is 235 cm³/mol. The fourth-order valence-corrected chi connectivity index (χ4v) is 9.95. The van der Waals surface area contributed by atoms with E-state index >= 15 is 0 Å². The molecule has 268 valence electrons. The summed E-state index contributed by atoms with van der Waals surface area (Å²) in [7, 11) is 0. The number of para-hydroxylation sites is 2. The molecule has 2 heterocycles. The third kappa shape index (κ3) is 4.66. The Bertz CT molecular complexity index is 3260. The molecule has 12 rings (SSSR count). The Morgan fingerprint density at radius 3 is 1.96 bits per heavy atom. The van der Waals surface area contributed by atoms with Crippen LogP contribution in [-0.4, -0.2) is 14.5 Å². The molecular formula is C54H37N3. The highest BCUT2D eigenvalue weighted by molar-refractivity contribution is 6.13. The van der Waals surface area contributed by atoms with Crippen molar-refractivity contribution in [2.75, 3.05) is 0 Å². The van der Waals surface area contributed by atoms with E-state index < -0.39 is 0 Å². The third-order valence-electron chi connectivity index (χ3n) is 12.7. The maximum Gasteiger partial charge on any atom is 0.141 e. The van der Waals surface area contributed by atoms with Gasteiger partial charge in [0.1, 0.15) is 5.82 Å². The Hall–Kier alpha value is -7.10. The number of benzene rings is 8. The van der Waals surface area contributed by atoms with E-state index in [0.29, 0.717) is 0 Å². The van der Waals surface area contributed by atoms with Crippen LogP contribution in [-0.2, 0) is 5.41 Å². The van der Waals surface area contributed by atoms with Crippen LogP contribution < -0.4 is 0 Å². The van der Waals surface area contributed by atoms with Crippen molar-refractivity contribution in [3.63, 3.8) is 0 Å². The van der Waals surface area contributed by atoms with Gasteiger partial charge in [0.05, 0.1) is 28.2 Å². The summed E-state index contributed by atoms with van der Waals surface area (Å²) >= 11 is 0. The zero-order valence-electron chi connectivity index (χ0n) is 31.7. The second kappa shape index (κ2) is 11.9. The second-order valence-electron chi connectivity index (χ2n) is 16.1. The van der Waals surface area contributed by atoms with Gasteiger partial charge in [0.15, 0.2) is 0 Å². The van der Waals surface area contributed by atoms with Crippen LogP contribution in [0.2, 0.25) is 0 Å². The first kappa shape index (κ1) is 32.2. The van der Waals surface area contributed by atoms with Gasteiger partial charge in [-0.25, -0.2) is 9.97 Å². The molecule has 3 heteroatoms. The molecule has 2 aromatic heterocycles. The highest BCUT2D eigenvalue weighted by atomic mass is 15.0. The lowest BCUT2D eigenvalue weighted by Gasteiger charge is -2.21. The molecule has 2 aliphatic carbocycles. The van der Waals surface area contributed by atoms with Gasteiger partial charge in [0.25, 0.3) is 0 Å². The molecule has 0 saturated carbocycles. The molecule has 0 N–H and O–H groups in total. The highest BCUT2D eigenvalue weighted by Crippen LogP contribution is 2.52. The summed E-state index contributed by atoms with van der Waals surface area (Å²) in [6, 6.07) is 66.4. The van der Waals surface area contributed by atoms with Crippen LogP contribution >= 0.6 is 0 Å². The first-order chi connectivity index (χ1) is 28.0. The van der Waals surface area contributed by atoms with Gasteiger partial charge in [-0.3, -0.25) is 0 Å². The van der Waals surface area contributed by atoms with E-state index in [2.05, 4.69) is 200 Å². The third-order valence-corrected chi connectivity index (χ3v) is 12.7. The number of fused-ring (bicyclic) bond motifs is 10. The number of hydrogen-bond acceptors (Lipinski definition) is 2. The van der Waals surface area contributed by atoms with Crippen LogP contribution in [0.15, 0.2) is 182 Å². The molecule has 0 amide bonds. The highest BCUT2D eigenvalue weighted by Gasteiger charge is 2.36. The standard InChI is InChI=1S/C54H37N3/c1-54(2)46-23-13-11-20-38(46)43-31-45-44-30-35(26-28-49(44)57(50(45)32-47(43)54)36-17-7-4-8-18-36)34-25-27-40-42(29-34)37-19-9-10-21-39(37)51(40)53-55-48-24-14-12-22-41(48)52(56-53)33-15-5-3-6-16-33/h3-32,51H,1-2H3. The van der Waals surface area contributed by atoms with Crippen molar-refractivity contribution in [3.8, 4) is 50.3 Å². The SMILES string of the molecule is CC1(C)c2ccccc2-c2cc3c4cc(-c5ccc6c(c5)-c5ccccc5C6c5nc(-c6ccccc6)c6ccccc6n5)ccc4n(-c4ccccc4)c3cc21. The monoisotopic (exact) mass is 727 g/mol. The minimum absolute atomic E-state index is 0.0714. The number of aromatic nitrogens is 3. The van der Waals surface area contributed by atoms with E-state index in [4.69, 9.17) is 9.97 Å². The van der Waals surface area contributed by atoms with E-state index in [9.17, 15) is 0 Å². The molecule has 2 aliphatic rings. The van der Waals surface area contributed by atoms with E-state index in [1.807, 2.05) is 0 Å². The number of nitrogens with zero attached hydrogens (tertiary/aromatic N) is 3. The minimum atomic E-state index is -0.0805. The summed E-state index contributed by atoms with van der Waals surface area (Å²) in [5.41, 5.74) is 19.4. The van der Waals surface area contributed by atoms with Gasteiger partial charge in [-0.1, -0.05) is 147 Å². The Morgan fingerprint density at radius 1 is 0.439 bits per heavy atom. The molecule has 0 saturated heterocycles. The average molecular weight is 728 g/mol. The first-order valence-electron chi connectivity index (χ1n) is 19.9. The van der Waals surface area contributed by atoms with Crippen LogP contribution in [0.1, 0.15) is 47.8 Å². The first-order valence-corrected chi connectivity index (χ1v) is 19.9. The molecule has 0 aliphatic heterocycles. The Balaban J connectivity index is 1.04. The lowest BCUT2D eigenvalue weighted by molar-refractivity contribution is 0.661. The van der Waals surface area contributed by atoms with Gasteiger partial charge in [0.2, 0.25) is 0 Å². The lowest BCUT2D eigenvalue weighted by Crippen LogP contribution is -2.14. The molecule has 1 atom stereocenters. The molecule has 0 bridgehead atoms. The summed E-state index contributed by atoms with van der Waals surface area (Å²) in [4.78, 5) is 10.6. The van der Waals surface area contributed by atoms with Crippen molar-refractivity contribution in [1.29, 1.82) is 0 Å². The summed E-state index contributed by atoms with van der Waals surface area (Å²) in [6.45, 7) is 4.73. The quantitative estimate of drug-likeness (QED) is 0.181. The smallest absolute Gasteiger partial charge is 0.141 e. The van der Waals surface area contributed by atoms with Crippen molar-refractivity contribution in [2.24, 2.45) is 0 Å². The molecule has 10 aromatic rings. The van der Waals surface area contributed by atoms with E-state index in [1.165, 1.54) is 83.1 Å². The van der Waals surface area contributed by atoms with E-state index in [1.54, 1.807) is 0 Å². The summed E-state index contributed by atoms with van der Waals surface area (Å²) < 4.78 is 2.45. The van der Waals surface area contributed by atoms with Gasteiger partial charge in [0, 0.05) is 32.8 Å². The fraction of sp³-hybridized carbons (Fsp3) is 0.0741. The average Bonchev–Trinajstić information content (AvgIpc) is 3.85. The number of rotatable bonds is 4. The Kier molecular flexibility index (Phi) is 6.74. The normalized spacial score (nSPS) is 14.8. The maximum absolute atomic E-state index is 5.36. The molecule has 57 heavy (non-hydrogen) atoms. The van der Waals surface area contributed by atoms with E-state index in [-0.39, 0.29) is 11.3 Å². The van der Waals surface area contributed by atoms with Crippen LogP contribution in [0.3, 0.4) is 0 Å². The van der Waals surface area contributed by atoms with Crippen LogP contribution in [0.5, 0.6) is 0 Å². The molecule has 1 unspecified atom stereocenters. The van der Waals surface area contributed by atoms with Crippen molar-refractivity contribution in [3.05, 3.63) is 210 Å². The Labute approximate surface area is 331 Å². The summed E-state index contributed by atoms with van der Waals surface area (Å²) in [6.07, 6.45) is 0. The van der Waals surface area contributed by atoms with Crippen LogP contribution in [0.25, 0.3) is 83.0 Å². The molecular weight excluding hydrogens is 691 g/mol. The van der Waals surface area contributed by atoms with Crippen LogP contribution in [0, 0.1) is 0 Å². The zero-order chi connectivity index (χ0) is 37.8. The van der Waals surface area contributed by atoms with Crippen molar-refractivity contribution in [2.45, 2.75) is 25.2 Å². The van der Waals surface area contributed by atoms with Crippen molar-refractivity contribution >= 4 is 32.7 Å². The van der Waals surface area contributed by atoms with Gasteiger partial charge in [-0.2, -0.15) is 0 Å². The van der Waals surface area contributed by atoms with Gasteiger partial charge in [-0.05, 0) is 104 Å². The minimum Gasteiger partial charge on any atom is -0.309 e. The fourth-order valence-electron chi connectivity index (χ4n) is 9.95. The van der Waals surface area contributed by atoms with Crippen molar-refractivity contribution < 1.29 is 0 Å². The van der Waals surface area contributed by atoms with Gasteiger partial charge in [-0.15, -0.1) is 0 Å². The second-order valence-corrected chi connectivity index (χ2v) is 16.1. The zero-order valence-corrected chi connectivity index (χ0v) is 31.7. The maximum atomic E-state index is 5.36.